The average Bonchev–Trinajstić information content (AvgIpc) is 3.04. The topological polar surface area (TPSA) is 105 Å². The second-order valence-electron chi connectivity index (χ2n) is 7.79. The van der Waals surface area contributed by atoms with E-state index in [4.69, 9.17) is 19.4 Å². The summed E-state index contributed by atoms with van der Waals surface area (Å²) in [5, 5.41) is 7.12. The molecule has 0 bridgehead atoms. The second kappa shape index (κ2) is 9.90. The number of fused-ring (bicyclic) bond motifs is 1. The van der Waals surface area contributed by atoms with Gasteiger partial charge in [-0.25, -0.2) is 17.9 Å². The Hall–Kier alpha value is -0.950. The summed E-state index contributed by atoms with van der Waals surface area (Å²) in [5.41, 5.74) is 0.119. The van der Waals surface area contributed by atoms with Crippen LogP contribution in [0.2, 0.25) is 0 Å². The van der Waals surface area contributed by atoms with E-state index in [1.54, 1.807) is 0 Å². The SMILES string of the molecule is CS(=O)(=O)NCC[C@@]12CCO[C@@H]1CCN(C1CCOCC1)C2.O=C(O)C(F)(F)F. The van der Waals surface area contributed by atoms with E-state index in [9.17, 15) is 21.6 Å². The minimum Gasteiger partial charge on any atom is -0.475 e. The maximum atomic E-state index is 11.3. The van der Waals surface area contributed by atoms with Gasteiger partial charge in [-0.05, 0) is 32.1 Å². The highest BCUT2D eigenvalue weighted by Crippen LogP contribution is 2.44. The Bertz CT molecular complexity index is 654. The molecule has 0 aromatic rings. The Kier molecular flexibility index (Phi) is 8.31. The lowest BCUT2D eigenvalue weighted by Crippen LogP contribution is -2.54. The Morgan fingerprint density at radius 2 is 1.86 bits per heavy atom. The first kappa shape index (κ1) is 24.3. The molecule has 0 saturated carbocycles. The number of nitrogens with one attached hydrogen (secondary N) is 1. The number of carboxylic acids is 1. The van der Waals surface area contributed by atoms with E-state index in [1.165, 1.54) is 6.26 Å². The number of hydrogen-bond donors (Lipinski definition) is 2. The molecule has 0 unspecified atom stereocenters. The number of ether oxygens (including phenoxy) is 2. The Labute approximate surface area is 168 Å². The molecule has 3 heterocycles. The zero-order valence-corrected chi connectivity index (χ0v) is 17.2. The van der Waals surface area contributed by atoms with Crippen LogP contribution in [0.1, 0.15) is 32.1 Å². The van der Waals surface area contributed by atoms with Crippen molar-refractivity contribution in [3.05, 3.63) is 0 Å². The van der Waals surface area contributed by atoms with Crippen LogP contribution in [-0.2, 0) is 24.3 Å². The van der Waals surface area contributed by atoms with Gasteiger partial charge in [0.15, 0.2) is 0 Å². The fourth-order valence-electron chi connectivity index (χ4n) is 4.29. The van der Waals surface area contributed by atoms with Gasteiger partial charge in [0.1, 0.15) is 0 Å². The normalized spacial score (nSPS) is 29.0. The van der Waals surface area contributed by atoms with E-state index < -0.39 is 22.2 Å². The fourth-order valence-corrected chi connectivity index (χ4v) is 4.76. The quantitative estimate of drug-likeness (QED) is 0.654. The Morgan fingerprint density at radius 1 is 1.24 bits per heavy atom. The third-order valence-electron chi connectivity index (χ3n) is 5.74. The van der Waals surface area contributed by atoms with Gasteiger partial charge < -0.3 is 14.6 Å². The van der Waals surface area contributed by atoms with E-state index in [2.05, 4.69) is 9.62 Å². The zero-order chi connectivity index (χ0) is 21.7. The minimum absolute atomic E-state index is 0.119. The number of aliphatic carboxylic acids is 1. The number of rotatable bonds is 5. The maximum Gasteiger partial charge on any atom is 0.490 e. The third-order valence-corrected chi connectivity index (χ3v) is 6.46. The predicted molar refractivity (Wildman–Crippen MR) is 98.0 cm³/mol. The Morgan fingerprint density at radius 3 is 2.41 bits per heavy atom. The van der Waals surface area contributed by atoms with Gasteiger partial charge in [0.05, 0.1) is 12.4 Å². The molecular formula is C17H29F3N2O6S. The highest BCUT2D eigenvalue weighted by Gasteiger charge is 2.48. The molecule has 0 spiro atoms. The summed E-state index contributed by atoms with van der Waals surface area (Å²) >= 11 is 0. The number of halogens is 3. The van der Waals surface area contributed by atoms with Crippen LogP contribution in [0.3, 0.4) is 0 Å². The summed E-state index contributed by atoms with van der Waals surface area (Å²) in [6.45, 7) is 5.18. The van der Waals surface area contributed by atoms with Crippen LogP contribution in [0.15, 0.2) is 0 Å². The van der Waals surface area contributed by atoms with E-state index >= 15 is 0 Å². The van der Waals surface area contributed by atoms with E-state index in [0.29, 0.717) is 18.7 Å². The van der Waals surface area contributed by atoms with Gasteiger partial charge >= 0.3 is 12.1 Å². The van der Waals surface area contributed by atoms with E-state index in [0.717, 1.165) is 65.0 Å². The third kappa shape index (κ3) is 7.35. The van der Waals surface area contributed by atoms with Crippen LogP contribution < -0.4 is 4.72 Å². The van der Waals surface area contributed by atoms with Crippen molar-refractivity contribution in [1.82, 2.24) is 9.62 Å². The molecule has 0 aromatic heterocycles. The lowest BCUT2D eigenvalue weighted by molar-refractivity contribution is -0.192. The van der Waals surface area contributed by atoms with Crippen LogP contribution in [-0.4, -0.2) is 88.4 Å². The smallest absolute Gasteiger partial charge is 0.475 e. The van der Waals surface area contributed by atoms with Crippen molar-refractivity contribution in [1.29, 1.82) is 0 Å². The molecule has 3 fully saturated rings. The average molecular weight is 446 g/mol. The number of carbonyl (C=O) groups is 1. The number of hydrogen-bond acceptors (Lipinski definition) is 6. The number of likely N-dealkylation sites (tertiary alicyclic amines) is 1. The van der Waals surface area contributed by atoms with Crippen LogP contribution in [0.25, 0.3) is 0 Å². The first-order chi connectivity index (χ1) is 13.4. The highest BCUT2D eigenvalue weighted by molar-refractivity contribution is 7.88. The number of piperidine rings is 1. The molecule has 0 amide bonds. The number of carboxylic acid groups (broad SMARTS) is 1. The molecular weight excluding hydrogens is 417 g/mol. The fraction of sp³-hybridized carbons (Fsp3) is 0.941. The van der Waals surface area contributed by atoms with Gasteiger partial charge in [0.2, 0.25) is 10.0 Å². The van der Waals surface area contributed by atoms with Crippen molar-refractivity contribution in [3.8, 4) is 0 Å². The van der Waals surface area contributed by atoms with Crippen molar-refractivity contribution in [2.45, 2.75) is 50.4 Å². The standard InChI is InChI=1S/C15H28N2O4S.C2HF3O2/c1-22(18,19)16-7-5-15-6-11-21-14(15)2-8-17(12-15)13-3-9-20-10-4-13;3-2(4,5)1(6)7/h13-14,16H,2-12H2,1H3;(H,6,7)/t14-,15+;/m1./s1. The molecule has 29 heavy (non-hydrogen) atoms. The number of nitrogens with zero attached hydrogens (tertiary/aromatic N) is 1. The van der Waals surface area contributed by atoms with Gasteiger partial charge in [-0.2, -0.15) is 13.2 Å². The van der Waals surface area contributed by atoms with Crippen LogP contribution >= 0.6 is 0 Å². The summed E-state index contributed by atoms with van der Waals surface area (Å²) in [5.74, 6) is -2.76. The van der Waals surface area contributed by atoms with E-state index in [1.807, 2.05) is 0 Å². The highest BCUT2D eigenvalue weighted by atomic mass is 32.2. The molecule has 0 radical (unpaired) electrons. The molecule has 0 aliphatic carbocycles. The largest absolute Gasteiger partial charge is 0.490 e. The summed E-state index contributed by atoms with van der Waals surface area (Å²) < 4.78 is 68.4. The van der Waals surface area contributed by atoms with Gasteiger partial charge in [-0.15, -0.1) is 0 Å². The lowest BCUT2D eigenvalue weighted by atomic mass is 9.73. The summed E-state index contributed by atoms with van der Waals surface area (Å²) in [4.78, 5) is 11.5. The maximum absolute atomic E-state index is 11.3. The minimum atomic E-state index is -5.08. The summed E-state index contributed by atoms with van der Waals surface area (Å²) in [7, 11) is -3.11. The molecule has 3 aliphatic rings. The first-order valence-electron chi connectivity index (χ1n) is 9.61. The summed E-state index contributed by atoms with van der Waals surface area (Å²) in [6, 6.07) is 0.620. The van der Waals surface area contributed by atoms with Gasteiger partial charge in [0.25, 0.3) is 0 Å². The molecule has 3 rings (SSSR count). The lowest BCUT2D eigenvalue weighted by Gasteiger charge is -2.47. The summed E-state index contributed by atoms with van der Waals surface area (Å²) in [6.07, 6.45) is 1.64. The zero-order valence-electron chi connectivity index (χ0n) is 16.4. The molecule has 12 heteroatoms. The molecule has 2 N–H and O–H groups in total. The first-order valence-corrected chi connectivity index (χ1v) is 11.5. The van der Waals surface area contributed by atoms with Crippen LogP contribution in [0, 0.1) is 5.41 Å². The molecule has 170 valence electrons. The van der Waals surface area contributed by atoms with Gasteiger partial charge in [-0.3, -0.25) is 4.90 Å². The molecule has 0 aromatic carbocycles. The molecule has 3 aliphatic heterocycles. The Balaban J connectivity index is 0.000000370. The second-order valence-corrected chi connectivity index (χ2v) is 9.63. The van der Waals surface area contributed by atoms with Crippen molar-refractivity contribution in [3.63, 3.8) is 0 Å². The van der Waals surface area contributed by atoms with Crippen LogP contribution in [0.4, 0.5) is 13.2 Å². The molecule has 8 nitrogen and oxygen atoms in total. The van der Waals surface area contributed by atoms with Gasteiger partial charge in [0, 0.05) is 50.9 Å². The van der Waals surface area contributed by atoms with Crippen LogP contribution in [0.5, 0.6) is 0 Å². The predicted octanol–water partition coefficient (Wildman–Crippen LogP) is 1.22. The number of alkyl halides is 3. The van der Waals surface area contributed by atoms with Crippen molar-refractivity contribution < 1.29 is 41.0 Å². The molecule has 2 atom stereocenters. The van der Waals surface area contributed by atoms with Crippen molar-refractivity contribution >= 4 is 16.0 Å². The van der Waals surface area contributed by atoms with Gasteiger partial charge in [-0.1, -0.05) is 0 Å². The molecule has 3 saturated heterocycles. The monoisotopic (exact) mass is 446 g/mol. The van der Waals surface area contributed by atoms with Crippen molar-refractivity contribution in [2.75, 3.05) is 45.7 Å². The number of sulfonamides is 1. The van der Waals surface area contributed by atoms with E-state index in [-0.39, 0.29) is 5.41 Å². The van der Waals surface area contributed by atoms with Crippen molar-refractivity contribution in [2.24, 2.45) is 5.41 Å².